The van der Waals surface area contributed by atoms with E-state index in [0.29, 0.717) is 0 Å². The molecule has 0 aromatic carbocycles. The van der Waals surface area contributed by atoms with Crippen LogP contribution in [0.15, 0.2) is 9.72 Å². The lowest BCUT2D eigenvalue weighted by Crippen LogP contribution is -2.31. The van der Waals surface area contributed by atoms with E-state index in [2.05, 4.69) is 16.8 Å². The van der Waals surface area contributed by atoms with Crippen LogP contribution in [0.5, 0.6) is 0 Å². The molecule has 4 heteroatoms. The van der Waals surface area contributed by atoms with Crippen LogP contribution in [0.25, 0.3) is 0 Å². The third kappa shape index (κ3) is 3.47. The summed E-state index contributed by atoms with van der Waals surface area (Å²) in [7, 11) is 0. The summed E-state index contributed by atoms with van der Waals surface area (Å²) in [5.41, 5.74) is 3.14. The van der Waals surface area contributed by atoms with E-state index in [9.17, 15) is 0 Å². The topological polar surface area (TPSA) is 16.1 Å². The van der Waals surface area contributed by atoms with Gasteiger partial charge in [0, 0.05) is 12.3 Å². The fourth-order valence-electron chi connectivity index (χ4n) is 1.88. The molecular weight excluding hydrogens is 224 g/mol. The Labute approximate surface area is 100 Å². The van der Waals surface area contributed by atoms with E-state index < -0.39 is 0 Å². The van der Waals surface area contributed by atoms with Gasteiger partial charge < -0.3 is 4.90 Å². The summed E-state index contributed by atoms with van der Waals surface area (Å²) in [6.07, 6.45) is 4.21. The second kappa shape index (κ2) is 5.87. The molecule has 2 heterocycles. The minimum atomic E-state index is 1.20. The van der Waals surface area contributed by atoms with Crippen LogP contribution in [0.4, 0.5) is 0 Å². The van der Waals surface area contributed by atoms with Crippen LogP contribution in [-0.2, 0) is 0 Å². The molecule has 0 bridgehead atoms. The van der Waals surface area contributed by atoms with E-state index >= 15 is 0 Å². The molecule has 1 aromatic rings. The Balaban J connectivity index is 1.68. The largest absolute Gasteiger partial charge is 0.303 e. The van der Waals surface area contributed by atoms with Crippen LogP contribution in [-0.4, -0.2) is 35.3 Å². The molecule has 0 spiro atoms. The van der Waals surface area contributed by atoms with E-state index in [1.54, 1.807) is 11.3 Å². The molecule has 2 rings (SSSR count). The quantitative estimate of drug-likeness (QED) is 0.755. The van der Waals surface area contributed by atoms with Crippen molar-refractivity contribution < 1.29 is 0 Å². The fourth-order valence-corrected chi connectivity index (χ4v) is 3.86. The lowest BCUT2D eigenvalue weighted by Gasteiger charge is -2.25. The van der Waals surface area contributed by atoms with Crippen LogP contribution >= 0.6 is 23.1 Å². The van der Waals surface area contributed by atoms with Crippen molar-refractivity contribution in [1.29, 1.82) is 0 Å². The predicted octanol–water partition coefficient (Wildman–Crippen LogP) is 3.03. The summed E-state index contributed by atoms with van der Waals surface area (Å²) in [4.78, 5) is 6.86. The first kappa shape index (κ1) is 11.4. The number of aromatic nitrogens is 1. The van der Waals surface area contributed by atoms with Gasteiger partial charge in [-0.15, -0.1) is 23.1 Å². The van der Waals surface area contributed by atoms with Crippen LogP contribution in [0.2, 0.25) is 0 Å². The predicted molar refractivity (Wildman–Crippen MR) is 67.9 cm³/mol. The van der Waals surface area contributed by atoms with Gasteiger partial charge in [-0.1, -0.05) is 6.42 Å². The second-order valence-corrected chi connectivity index (χ2v) is 6.19. The van der Waals surface area contributed by atoms with Crippen molar-refractivity contribution in [3.63, 3.8) is 0 Å². The molecule has 2 nitrogen and oxygen atoms in total. The maximum atomic E-state index is 4.27. The average Bonchev–Trinajstić information content (AvgIpc) is 2.66. The van der Waals surface area contributed by atoms with Gasteiger partial charge in [0.25, 0.3) is 0 Å². The molecule has 1 aliphatic rings. The van der Waals surface area contributed by atoms with Crippen LogP contribution in [0, 0.1) is 6.92 Å². The lowest BCUT2D eigenvalue weighted by molar-refractivity contribution is 0.242. The number of hydrogen-bond donors (Lipinski definition) is 0. The summed E-state index contributed by atoms with van der Waals surface area (Å²) in [6.45, 7) is 5.95. The van der Waals surface area contributed by atoms with Crippen molar-refractivity contribution in [2.24, 2.45) is 0 Å². The number of aryl methyl sites for hydroxylation is 1. The van der Waals surface area contributed by atoms with Gasteiger partial charge in [-0.3, -0.25) is 0 Å². The Morgan fingerprint density at radius 3 is 2.87 bits per heavy atom. The molecular formula is C11H18N2S2. The normalized spacial score (nSPS) is 18.2. The summed E-state index contributed by atoms with van der Waals surface area (Å²) in [5, 5.41) is 0. The highest BCUT2D eigenvalue weighted by molar-refractivity contribution is 8.01. The first-order chi connectivity index (χ1) is 7.36. The van der Waals surface area contributed by atoms with Gasteiger partial charge in [0.15, 0.2) is 0 Å². The summed E-state index contributed by atoms with van der Waals surface area (Å²) in [5.74, 6) is 1.21. The zero-order chi connectivity index (χ0) is 10.5. The molecule has 0 amide bonds. The van der Waals surface area contributed by atoms with Gasteiger partial charge in [-0.2, -0.15) is 0 Å². The highest BCUT2D eigenvalue weighted by atomic mass is 32.2. The van der Waals surface area contributed by atoms with Gasteiger partial charge in [0.1, 0.15) is 0 Å². The van der Waals surface area contributed by atoms with E-state index in [1.807, 2.05) is 17.3 Å². The van der Waals surface area contributed by atoms with Gasteiger partial charge >= 0.3 is 0 Å². The van der Waals surface area contributed by atoms with Crippen molar-refractivity contribution in [3.05, 3.63) is 11.2 Å². The highest BCUT2D eigenvalue weighted by Gasteiger charge is 2.10. The minimum Gasteiger partial charge on any atom is -0.303 e. The average molecular weight is 242 g/mol. The lowest BCUT2D eigenvalue weighted by atomic mass is 10.1. The Bertz CT molecular complexity index is 293. The molecule has 1 aliphatic heterocycles. The van der Waals surface area contributed by atoms with Gasteiger partial charge in [-0.05, 0) is 32.9 Å². The molecule has 0 atom stereocenters. The van der Waals surface area contributed by atoms with Crippen molar-refractivity contribution in [1.82, 2.24) is 9.88 Å². The number of nitrogens with zero attached hydrogens (tertiary/aromatic N) is 2. The zero-order valence-corrected chi connectivity index (χ0v) is 10.9. The molecule has 84 valence electrons. The van der Waals surface area contributed by atoms with Gasteiger partial charge in [-0.25, -0.2) is 4.98 Å². The number of likely N-dealkylation sites (tertiary alicyclic amines) is 1. The fraction of sp³-hybridized carbons (Fsp3) is 0.727. The molecule has 0 unspecified atom stereocenters. The first-order valence-electron chi connectivity index (χ1n) is 5.61. The third-order valence-corrected chi connectivity index (χ3v) is 5.10. The number of rotatable bonds is 4. The molecule has 0 saturated carbocycles. The Hall–Kier alpha value is -0.0600. The van der Waals surface area contributed by atoms with Crippen LogP contribution in [0.1, 0.15) is 25.0 Å². The van der Waals surface area contributed by atoms with E-state index in [1.165, 1.54) is 54.6 Å². The van der Waals surface area contributed by atoms with Crippen LogP contribution in [0.3, 0.4) is 0 Å². The van der Waals surface area contributed by atoms with Gasteiger partial charge in [0.05, 0.1) is 15.4 Å². The summed E-state index contributed by atoms with van der Waals surface area (Å²) >= 11 is 3.73. The van der Waals surface area contributed by atoms with Gasteiger partial charge in [0.2, 0.25) is 0 Å². The molecule has 0 radical (unpaired) electrons. The number of thioether (sulfide) groups is 1. The maximum Gasteiger partial charge on any atom is 0.0827 e. The second-order valence-electron chi connectivity index (χ2n) is 3.98. The third-order valence-electron chi connectivity index (χ3n) is 2.79. The molecule has 0 aliphatic carbocycles. The number of thiazole rings is 1. The first-order valence-corrected chi connectivity index (χ1v) is 7.48. The maximum absolute atomic E-state index is 4.27. The molecule has 1 aromatic heterocycles. The number of piperidine rings is 1. The highest BCUT2D eigenvalue weighted by Crippen LogP contribution is 2.26. The van der Waals surface area contributed by atoms with Crippen molar-refractivity contribution in [3.8, 4) is 0 Å². The smallest absolute Gasteiger partial charge is 0.0827 e. The molecule has 0 N–H and O–H groups in total. The Kier molecular flexibility index (Phi) is 4.47. The van der Waals surface area contributed by atoms with E-state index in [-0.39, 0.29) is 0 Å². The summed E-state index contributed by atoms with van der Waals surface area (Å²) in [6, 6.07) is 0. The van der Waals surface area contributed by atoms with Crippen molar-refractivity contribution in [2.45, 2.75) is 30.4 Å². The zero-order valence-electron chi connectivity index (χ0n) is 9.24. The van der Waals surface area contributed by atoms with Crippen molar-refractivity contribution in [2.75, 3.05) is 25.4 Å². The Morgan fingerprint density at radius 1 is 1.40 bits per heavy atom. The summed E-state index contributed by atoms with van der Waals surface area (Å²) < 4.78 is 1.40. The SMILES string of the molecule is Cc1ncsc1SCCN1CCCCC1. The van der Waals surface area contributed by atoms with Crippen molar-refractivity contribution >= 4 is 23.1 Å². The van der Waals surface area contributed by atoms with Crippen LogP contribution < -0.4 is 0 Å². The number of hydrogen-bond acceptors (Lipinski definition) is 4. The monoisotopic (exact) mass is 242 g/mol. The molecule has 1 saturated heterocycles. The molecule has 1 fully saturated rings. The standard InChI is InChI=1S/C11H18N2S2/c1-10-11(15-9-12-10)14-8-7-13-5-3-2-4-6-13/h9H,2-8H2,1H3. The molecule has 15 heavy (non-hydrogen) atoms. The van der Waals surface area contributed by atoms with E-state index in [4.69, 9.17) is 0 Å². The Morgan fingerprint density at radius 2 is 2.20 bits per heavy atom. The minimum absolute atomic E-state index is 1.20. The van der Waals surface area contributed by atoms with E-state index in [0.717, 1.165) is 0 Å².